The minimum Gasteiger partial charge on any atom is -0.385 e. The predicted octanol–water partition coefficient (Wildman–Crippen LogP) is -0.913. The molecule has 0 aromatic rings. The van der Waals surface area contributed by atoms with Gasteiger partial charge in [0.1, 0.15) is 11.8 Å². The monoisotopic (exact) mass is 126 g/mol. The Morgan fingerprint density at radius 2 is 2.00 bits per heavy atom. The molecule has 1 rings (SSSR count). The van der Waals surface area contributed by atoms with Crippen molar-refractivity contribution in [1.29, 1.82) is 0 Å². The molecule has 1 unspecified atom stereocenters. The summed E-state index contributed by atoms with van der Waals surface area (Å²) in [4.78, 5) is 0. The second kappa shape index (κ2) is 1.95. The molecule has 0 aromatic carbocycles. The Kier molecular flexibility index (Phi) is 1.40. The maximum Gasteiger partial charge on any atom is 0.114 e. The Hall–Kier alpha value is -0.640. The zero-order valence-corrected chi connectivity index (χ0v) is 4.99. The molecule has 5 N–H and O–H groups in total. The van der Waals surface area contributed by atoms with Gasteiger partial charge in [0, 0.05) is 0 Å². The maximum absolute atomic E-state index is 9.05. The molecule has 0 amide bonds. The molecule has 0 radical (unpaired) electrons. The molecule has 50 valence electrons. The minimum absolute atomic E-state index is 0.762. The van der Waals surface area contributed by atoms with Gasteiger partial charge in [-0.2, -0.15) is 0 Å². The molecule has 3 nitrogen and oxygen atoms in total. The molecule has 0 bridgehead atoms. The van der Waals surface area contributed by atoms with E-state index in [1.54, 1.807) is 24.3 Å². The number of hydrogen-bond acceptors (Lipinski definition) is 3. The quantitative estimate of drug-likeness (QED) is 0.368. The molecule has 0 heterocycles. The van der Waals surface area contributed by atoms with Crippen molar-refractivity contribution in [3.05, 3.63) is 24.3 Å². The highest BCUT2D eigenvalue weighted by atomic mass is 16.3. The lowest BCUT2D eigenvalue weighted by atomic mass is 10.0. The summed E-state index contributed by atoms with van der Waals surface area (Å²) >= 11 is 0. The normalized spacial score (nSPS) is 30.8. The molecule has 0 aromatic heterocycles. The van der Waals surface area contributed by atoms with E-state index < -0.39 is 11.8 Å². The standard InChI is InChI=1S/C6H10N2O/c7-6(8)4-2-1-3-5(6)9/h1-5,9H,7-8H2. The first-order valence-corrected chi connectivity index (χ1v) is 2.75. The van der Waals surface area contributed by atoms with Crippen LogP contribution in [0, 0.1) is 0 Å². The van der Waals surface area contributed by atoms with Crippen molar-refractivity contribution in [1.82, 2.24) is 0 Å². The third kappa shape index (κ3) is 1.18. The lowest BCUT2D eigenvalue weighted by molar-refractivity contribution is 0.155. The summed E-state index contributed by atoms with van der Waals surface area (Å²) in [5.41, 5.74) is 9.75. The third-order valence-electron chi connectivity index (χ3n) is 1.30. The second-order valence-electron chi connectivity index (χ2n) is 2.19. The van der Waals surface area contributed by atoms with Crippen LogP contribution in [-0.4, -0.2) is 16.9 Å². The SMILES string of the molecule is NC1(N)C=CC=CC1O. The van der Waals surface area contributed by atoms with Crippen molar-refractivity contribution in [3.8, 4) is 0 Å². The molecule has 1 aliphatic rings. The largest absolute Gasteiger partial charge is 0.385 e. The van der Waals surface area contributed by atoms with Crippen LogP contribution in [-0.2, 0) is 0 Å². The fourth-order valence-electron chi connectivity index (χ4n) is 0.657. The number of hydrogen-bond donors (Lipinski definition) is 3. The Labute approximate surface area is 53.7 Å². The molecule has 0 saturated carbocycles. The van der Waals surface area contributed by atoms with Gasteiger partial charge in [-0.05, 0) is 6.08 Å². The predicted molar refractivity (Wildman–Crippen MR) is 35.4 cm³/mol. The summed E-state index contributed by atoms with van der Waals surface area (Å²) in [5, 5.41) is 9.05. The maximum atomic E-state index is 9.05. The molecule has 0 aliphatic heterocycles. The number of aliphatic hydroxyl groups excluding tert-OH is 1. The zero-order valence-electron chi connectivity index (χ0n) is 4.99. The van der Waals surface area contributed by atoms with E-state index in [1.165, 1.54) is 0 Å². The van der Waals surface area contributed by atoms with Crippen LogP contribution in [0.2, 0.25) is 0 Å². The molecule has 9 heavy (non-hydrogen) atoms. The smallest absolute Gasteiger partial charge is 0.114 e. The van der Waals surface area contributed by atoms with Crippen molar-refractivity contribution < 1.29 is 5.11 Å². The van der Waals surface area contributed by atoms with Gasteiger partial charge in [-0.3, -0.25) is 0 Å². The van der Waals surface area contributed by atoms with E-state index in [1.807, 2.05) is 0 Å². The van der Waals surface area contributed by atoms with E-state index in [0.717, 1.165) is 0 Å². The van der Waals surface area contributed by atoms with Crippen molar-refractivity contribution >= 4 is 0 Å². The van der Waals surface area contributed by atoms with Gasteiger partial charge >= 0.3 is 0 Å². The summed E-state index contributed by atoms with van der Waals surface area (Å²) in [6, 6.07) is 0. The van der Waals surface area contributed by atoms with Gasteiger partial charge in [0.05, 0.1) is 0 Å². The zero-order chi connectivity index (χ0) is 6.91. The first-order valence-electron chi connectivity index (χ1n) is 2.75. The number of allylic oxidation sites excluding steroid dienone is 2. The third-order valence-corrected chi connectivity index (χ3v) is 1.30. The van der Waals surface area contributed by atoms with Crippen LogP contribution >= 0.6 is 0 Å². The van der Waals surface area contributed by atoms with Crippen LogP contribution in [0.25, 0.3) is 0 Å². The van der Waals surface area contributed by atoms with E-state index in [9.17, 15) is 0 Å². The Balaban J connectivity index is 2.78. The molecule has 0 spiro atoms. The van der Waals surface area contributed by atoms with Crippen LogP contribution in [0.15, 0.2) is 24.3 Å². The van der Waals surface area contributed by atoms with E-state index in [4.69, 9.17) is 16.6 Å². The van der Waals surface area contributed by atoms with E-state index in [2.05, 4.69) is 0 Å². The van der Waals surface area contributed by atoms with Crippen LogP contribution < -0.4 is 11.5 Å². The molecule has 0 fully saturated rings. The fraction of sp³-hybridized carbons (Fsp3) is 0.333. The number of aliphatic hydroxyl groups is 1. The highest BCUT2D eigenvalue weighted by Crippen LogP contribution is 2.07. The number of rotatable bonds is 0. The minimum atomic E-state index is -1.07. The van der Waals surface area contributed by atoms with Gasteiger partial charge in [0.2, 0.25) is 0 Å². The van der Waals surface area contributed by atoms with Crippen LogP contribution in [0.3, 0.4) is 0 Å². The molecule has 1 atom stereocenters. The van der Waals surface area contributed by atoms with Crippen molar-refractivity contribution in [3.63, 3.8) is 0 Å². The Morgan fingerprint density at radius 3 is 2.33 bits per heavy atom. The van der Waals surface area contributed by atoms with Gasteiger partial charge in [-0.25, -0.2) is 0 Å². The molecular weight excluding hydrogens is 116 g/mol. The summed E-state index contributed by atoms with van der Waals surface area (Å²) in [6.07, 6.45) is 5.79. The van der Waals surface area contributed by atoms with Gasteiger partial charge in [-0.15, -0.1) is 0 Å². The van der Waals surface area contributed by atoms with Crippen molar-refractivity contribution in [2.24, 2.45) is 11.5 Å². The van der Waals surface area contributed by atoms with Gasteiger partial charge < -0.3 is 16.6 Å². The molecule has 3 heteroatoms. The molecular formula is C6H10N2O. The van der Waals surface area contributed by atoms with Crippen LogP contribution in [0.1, 0.15) is 0 Å². The summed E-state index contributed by atoms with van der Waals surface area (Å²) in [6.45, 7) is 0. The highest BCUT2D eigenvalue weighted by Gasteiger charge is 2.24. The van der Waals surface area contributed by atoms with Gasteiger partial charge in [-0.1, -0.05) is 18.2 Å². The van der Waals surface area contributed by atoms with Crippen molar-refractivity contribution in [2.75, 3.05) is 0 Å². The van der Waals surface area contributed by atoms with Gasteiger partial charge in [0.25, 0.3) is 0 Å². The average molecular weight is 126 g/mol. The first-order chi connectivity index (χ1) is 4.13. The van der Waals surface area contributed by atoms with Crippen LogP contribution in [0.4, 0.5) is 0 Å². The fourth-order valence-corrected chi connectivity index (χ4v) is 0.657. The lowest BCUT2D eigenvalue weighted by Gasteiger charge is -2.26. The average Bonchev–Trinajstić information content (AvgIpc) is 1.77. The number of nitrogens with two attached hydrogens (primary N) is 2. The molecule has 0 saturated heterocycles. The summed E-state index contributed by atoms with van der Waals surface area (Å²) in [7, 11) is 0. The summed E-state index contributed by atoms with van der Waals surface area (Å²) < 4.78 is 0. The highest BCUT2D eigenvalue weighted by molar-refractivity contribution is 5.22. The van der Waals surface area contributed by atoms with Gasteiger partial charge in [0.15, 0.2) is 0 Å². The van der Waals surface area contributed by atoms with E-state index in [-0.39, 0.29) is 0 Å². The van der Waals surface area contributed by atoms with Crippen LogP contribution in [0.5, 0.6) is 0 Å². The van der Waals surface area contributed by atoms with E-state index >= 15 is 0 Å². The van der Waals surface area contributed by atoms with E-state index in [0.29, 0.717) is 0 Å². The summed E-state index contributed by atoms with van der Waals surface area (Å²) in [5.74, 6) is 0. The van der Waals surface area contributed by atoms with Crippen molar-refractivity contribution in [2.45, 2.75) is 11.8 Å². The second-order valence-corrected chi connectivity index (χ2v) is 2.19. The topological polar surface area (TPSA) is 72.3 Å². The lowest BCUT2D eigenvalue weighted by Crippen LogP contribution is -2.57. The Morgan fingerprint density at radius 1 is 1.33 bits per heavy atom. The first kappa shape index (κ1) is 6.48. The Bertz CT molecular complexity index is 160. The molecule has 1 aliphatic carbocycles.